The minimum absolute atomic E-state index is 0.0206. The van der Waals surface area contributed by atoms with Crippen molar-refractivity contribution in [1.29, 1.82) is 0 Å². The number of aromatic nitrogens is 3. The van der Waals surface area contributed by atoms with Gasteiger partial charge in [-0.1, -0.05) is 78.9 Å². The Labute approximate surface area is 247 Å². The third-order valence-corrected chi connectivity index (χ3v) is 7.90. The maximum atomic E-state index is 6.65. The molecule has 0 saturated carbocycles. The zero-order valence-electron chi connectivity index (χ0n) is 23.8. The van der Waals surface area contributed by atoms with Crippen LogP contribution in [0, 0.1) is 5.92 Å². The Bertz CT molecular complexity index is 1510. The fraction of sp³-hybridized carbons (Fsp3) is 0.314. The van der Waals surface area contributed by atoms with Gasteiger partial charge in [-0.3, -0.25) is 4.68 Å². The molecule has 1 aromatic heterocycles. The van der Waals surface area contributed by atoms with Crippen LogP contribution in [0.1, 0.15) is 29.0 Å². The quantitative estimate of drug-likeness (QED) is 0.177. The molecule has 0 amide bonds. The van der Waals surface area contributed by atoms with Gasteiger partial charge in [0.15, 0.2) is 0 Å². The van der Waals surface area contributed by atoms with Gasteiger partial charge in [-0.25, -0.2) is 4.98 Å². The van der Waals surface area contributed by atoms with Gasteiger partial charge in [-0.2, -0.15) is 5.10 Å². The van der Waals surface area contributed by atoms with E-state index in [2.05, 4.69) is 94.3 Å². The summed E-state index contributed by atoms with van der Waals surface area (Å²) in [5, 5.41) is 10.5. The molecule has 216 valence electrons. The van der Waals surface area contributed by atoms with Crippen molar-refractivity contribution in [3.05, 3.63) is 126 Å². The first-order chi connectivity index (χ1) is 20.8. The molecule has 0 spiro atoms. The van der Waals surface area contributed by atoms with Crippen LogP contribution in [-0.4, -0.2) is 47.2 Å². The minimum atomic E-state index is 0.0206. The maximum Gasteiger partial charge on any atom is 0.137 e. The van der Waals surface area contributed by atoms with E-state index in [1.165, 1.54) is 27.5 Å². The highest BCUT2D eigenvalue weighted by molar-refractivity contribution is 5.82. The number of benzene rings is 4. The number of nitrogens with one attached hydrogen (secondary N) is 1. The first kappa shape index (κ1) is 28.1. The van der Waals surface area contributed by atoms with E-state index in [1.54, 1.807) is 12.7 Å². The number of fused-ring (bicyclic) bond motifs is 1. The fourth-order valence-electron chi connectivity index (χ4n) is 5.80. The molecule has 1 aliphatic rings. The van der Waals surface area contributed by atoms with Crippen LogP contribution in [0.4, 0.5) is 0 Å². The SMILES string of the molecule is c1ccc(COCCCOc2ccc([C@H]3[C@H](Cn4cncn4)CNC[C@@H]3OCc3ccc4ccccc4c3)cc2)cc1. The molecular weight excluding hydrogens is 524 g/mol. The fourth-order valence-corrected chi connectivity index (χ4v) is 5.80. The Morgan fingerprint density at radius 3 is 2.45 bits per heavy atom. The Morgan fingerprint density at radius 1 is 0.786 bits per heavy atom. The molecule has 0 bridgehead atoms. The molecule has 1 N–H and O–H groups in total. The number of hydrogen-bond acceptors (Lipinski definition) is 6. The van der Waals surface area contributed by atoms with Gasteiger partial charge in [0.25, 0.3) is 0 Å². The number of piperidine rings is 1. The smallest absolute Gasteiger partial charge is 0.137 e. The van der Waals surface area contributed by atoms with Crippen LogP contribution in [0.5, 0.6) is 5.75 Å². The molecule has 1 aliphatic heterocycles. The molecule has 42 heavy (non-hydrogen) atoms. The van der Waals surface area contributed by atoms with Crippen LogP contribution in [0.2, 0.25) is 0 Å². The molecule has 6 rings (SSSR count). The van der Waals surface area contributed by atoms with Crippen LogP contribution in [-0.2, 0) is 29.2 Å². The average Bonchev–Trinajstić information content (AvgIpc) is 3.56. The lowest BCUT2D eigenvalue weighted by molar-refractivity contribution is -0.00906. The Balaban J connectivity index is 1.08. The Kier molecular flexibility index (Phi) is 9.52. The first-order valence-electron chi connectivity index (χ1n) is 14.8. The zero-order chi connectivity index (χ0) is 28.4. The molecule has 0 radical (unpaired) electrons. The second-order valence-corrected chi connectivity index (χ2v) is 10.9. The normalized spacial score (nSPS) is 18.7. The van der Waals surface area contributed by atoms with Gasteiger partial charge in [0.05, 0.1) is 32.5 Å². The molecule has 1 fully saturated rings. The summed E-state index contributed by atoms with van der Waals surface area (Å²) in [6.45, 7) is 4.95. The van der Waals surface area contributed by atoms with Crippen molar-refractivity contribution >= 4 is 10.8 Å². The predicted octanol–water partition coefficient (Wildman–Crippen LogP) is 6.01. The van der Waals surface area contributed by atoms with E-state index in [0.29, 0.717) is 32.3 Å². The van der Waals surface area contributed by atoms with Gasteiger partial charge >= 0.3 is 0 Å². The van der Waals surface area contributed by atoms with Crippen molar-refractivity contribution in [3.63, 3.8) is 0 Å². The second kappa shape index (κ2) is 14.2. The van der Waals surface area contributed by atoms with E-state index in [9.17, 15) is 0 Å². The van der Waals surface area contributed by atoms with Gasteiger partial charge in [-0.05, 0) is 45.7 Å². The van der Waals surface area contributed by atoms with Gasteiger partial charge in [0.1, 0.15) is 18.4 Å². The summed E-state index contributed by atoms with van der Waals surface area (Å²) in [4.78, 5) is 4.15. The minimum Gasteiger partial charge on any atom is -0.494 e. The predicted molar refractivity (Wildman–Crippen MR) is 164 cm³/mol. The van der Waals surface area contributed by atoms with Crippen LogP contribution in [0.25, 0.3) is 10.8 Å². The van der Waals surface area contributed by atoms with Crippen LogP contribution in [0.3, 0.4) is 0 Å². The van der Waals surface area contributed by atoms with E-state index >= 15 is 0 Å². The molecule has 0 unspecified atom stereocenters. The summed E-state index contributed by atoms with van der Waals surface area (Å²) in [5.41, 5.74) is 3.62. The molecule has 2 heterocycles. The number of ether oxygens (including phenoxy) is 3. The molecule has 5 aromatic rings. The topological polar surface area (TPSA) is 70.4 Å². The lowest BCUT2D eigenvalue weighted by Crippen LogP contribution is -2.48. The van der Waals surface area contributed by atoms with Gasteiger partial charge in [0.2, 0.25) is 0 Å². The number of rotatable bonds is 13. The van der Waals surface area contributed by atoms with E-state index < -0.39 is 0 Å². The van der Waals surface area contributed by atoms with Gasteiger partial charge in [0, 0.05) is 37.9 Å². The molecule has 3 atom stereocenters. The summed E-state index contributed by atoms with van der Waals surface area (Å²) >= 11 is 0. The third kappa shape index (κ3) is 7.42. The number of hydrogen-bond donors (Lipinski definition) is 1. The van der Waals surface area contributed by atoms with Crippen LogP contribution in [0.15, 0.2) is 110 Å². The molecular formula is C35H38N4O3. The van der Waals surface area contributed by atoms with Crippen LogP contribution >= 0.6 is 0 Å². The van der Waals surface area contributed by atoms with Crippen molar-refractivity contribution < 1.29 is 14.2 Å². The van der Waals surface area contributed by atoms with Crippen molar-refractivity contribution in [2.45, 2.75) is 38.2 Å². The first-order valence-corrected chi connectivity index (χ1v) is 14.8. The maximum absolute atomic E-state index is 6.65. The van der Waals surface area contributed by atoms with Crippen LogP contribution < -0.4 is 10.1 Å². The van der Waals surface area contributed by atoms with E-state index in [-0.39, 0.29) is 12.0 Å². The van der Waals surface area contributed by atoms with Gasteiger partial charge < -0.3 is 19.5 Å². The van der Waals surface area contributed by atoms with Crippen molar-refractivity contribution in [1.82, 2.24) is 20.1 Å². The Hall–Kier alpha value is -4.04. The van der Waals surface area contributed by atoms with E-state index in [4.69, 9.17) is 14.2 Å². The van der Waals surface area contributed by atoms with E-state index in [1.807, 2.05) is 22.9 Å². The molecule has 7 heteroatoms. The highest BCUT2D eigenvalue weighted by Crippen LogP contribution is 2.35. The monoisotopic (exact) mass is 562 g/mol. The Morgan fingerprint density at radius 2 is 1.62 bits per heavy atom. The summed E-state index contributed by atoms with van der Waals surface area (Å²) in [6, 6.07) is 33.8. The standard InChI is InChI=1S/C35H38N4O3/c1-2-7-27(8-3-1)23-40-17-6-18-41-33-15-13-30(14-16-33)35-32(22-39-26-37-25-38-39)20-36-21-34(35)42-24-28-11-12-29-9-4-5-10-31(29)19-28/h1-5,7-16,19,25-26,32,34-36H,6,17-18,20-24H2/t32-,34-,35-/m0/s1. The molecule has 0 aliphatic carbocycles. The largest absolute Gasteiger partial charge is 0.494 e. The summed E-state index contributed by atoms with van der Waals surface area (Å²) < 4.78 is 20.4. The lowest BCUT2D eigenvalue weighted by atomic mass is 9.79. The van der Waals surface area contributed by atoms with Crippen molar-refractivity contribution in [2.75, 3.05) is 26.3 Å². The summed E-state index contributed by atoms with van der Waals surface area (Å²) in [5.74, 6) is 1.38. The molecule has 7 nitrogen and oxygen atoms in total. The van der Waals surface area contributed by atoms with E-state index in [0.717, 1.165) is 31.8 Å². The lowest BCUT2D eigenvalue weighted by Gasteiger charge is -2.39. The molecule has 1 saturated heterocycles. The van der Waals surface area contributed by atoms with Gasteiger partial charge in [-0.15, -0.1) is 0 Å². The van der Waals surface area contributed by atoms with Crippen molar-refractivity contribution in [2.24, 2.45) is 5.92 Å². The molecule has 4 aromatic carbocycles. The highest BCUT2D eigenvalue weighted by Gasteiger charge is 2.35. The summed E-state index contributed by atoms with van der Waals surface area (Å²) in [7, 11) is 0. The number of nitrogens with zero attached hydrogens (tertiary/aromatic N) is 3. The van der Waals surface area contributed by atoms with Crippen molar-refractivity contribution in [3.8, 4) is 5.75 Å². The average molecular weight is 563 g/mol. The zero-order valence-corrected chi connectivity index (χ0v) is 23.8. The second-order valence-electron chi connectivity index (χ2n) is 10.9. The third-order valence-electron chi connectivity index (χ3n) is 7.90. The summed E-state index contributed by atoms with van der Waals surface area (Å²) in [6.07, 6.45) is 4.25. The highest BCUT2D eigenvalue weighted by atomic mass is 16.5.